The Labute approximate surface area is 103 Å². The van der Waals surface area contributed by atoms with Gasteiger partial charge in [-0.15, -0.1) is 0 Å². The molecule has 0 unspecified atom stereocenters. The lowest BCUT2D eigenvalue weighted by Crippen LogP contribution is -1.89. The highest BCUT2D eigenvalue weighted by molar-refractivity contribution is 6.30. The normalized spacial score (nSPS) is 9.76. The van der Waals surface area contributed by atoms with Gasteiger partial charge in [0.15, 0.2) is 0 Å². The minimum absolute atomic E-state index is 0.338. The standard InChI is InChI=1S/C14H8ClFO/c15-12-5-1-10(2-6-12)14(9-17)11-3-7-13(16)8-4-11/h1-8H. The molecule has 2 rings (SSSR count). The molecular weight excluding hydrogens is 239 g/mol. The third-order valence-corrected chi connectivity index (χ3v) is 2.62. The van der Waals surface area contributed by atoms with Crippen LogP contribution in [0.3, 0.4) is 0 Å². The Bertz CT molecular complexity index is 519. The van der Waals surface area contributed by atoms with E-state index in [9.17, 15) is 9.18 Å². The second kappa shape index (κ2) is 4.96. The van der Waals surface area contributed by atoms with E-state index in [4.69, 9.17) is 11.6 Å². The summed E-state index contributed by atoms with van der Waals surface area (Å²) in [5, 5.41) is 0.595. The second-order valence-corrected chi connectivity index (χ2v) is 3.93. The van der Waals surface area contributed by atoms with E-state index in [1.54, 1.807) is 36.4 Å². The number of benzene rings is 2. The smallest absolute Gasteiger partial charge is 0.133 e. The predicted octanol–water partition coefficient (Wildman–Crippen LogP) is 3.74. The van der Waals surface area contributed by atoms with Gasteiger partial charge < -0.3 is 0 Å². The minimum atomic E-state index is -0.338. The number of hydrogen-bond donors (Lipinski definition) is 0. The van der Waals surface area contributed by atoms with Crippen molar-refractivity contribution < 1.29 is 9.18 Å². The van der Waals surface area contributed by atoms with Crippen molar-refractivity contribution in [2.45, 2.75) is 0 Å². The average molecular weight is 247 g/mol. The van der Waals surface area contributed by atoms with Crippen molar-refractivity contribution in [2.75, 3.05) is 0 Å². The van der Waals surface area contributed by atoms with Crippen LogP contribution < -0.4 is 0 Å². The van der Waals surface area contributed by atoms with E-state index in [1.165, 1.54) is 12.1 Å². The van der Waals surface area contributed by atoms with Gasteiger partial charge in [-0.05, 0) is 35.4 Å². The molecule has 0 aliphatic heterocycles. The zero-order chi connectivity index (χ0) is 12.3. The van der Waals surface area contributed by atoms with Gasteiger partial charge in [-0.2, -0.15) is 0 Å². The first kappa shape index (κ1) is 11.6. The van der Waals surface area contributed by atoms with Gasteiger partial charge >= 0.3 is 0 Å². The summed E-state index contributed by atoms with van der Waals surface area (Å²) in [5.74, 6) is 1.54. The van der Waals surface area contributed by atoms with E-state index in [1.807, 2.05) is 5.94 Å². The Morgan fingerprint density at radius 2 is 1.41 bits per heavy atom. The fraction of sp³-hybridized carbons (Fsp3) is 0. The summed E-state index contributed by atoms with van der Waals surface area (Å²) in [6.07, 6.45) is 0. The number of rotatable bonds is 2. The topological polar surface area (TPSA) is 17.1 Å². The lowest BCUT2D eigenvalue weighted by Gasteiger charge is -2.03. The van der Waals surface area contributed by atoms with Crippen LogP contribution in [0.4, 0.5) is 4.39 Å². The van der Waals surface area contributed by atoms with Crippen LogP contribution in [0.5, 0.6) is 0 Å². The van der Waals surface area contributed by atoms with Crippen molar-refractivity contribution in [3.8, 4) is 0 Å². The Hall–Kier alpha value is -1.89. The van der Waals surface area contributed by atoms with Gasteiger partial charge in [-0.25, -0.2) is 9.18 Å². The maximum absolute atomic E-state index is 12.8. The molecule has 0 aliphatic rings. The molecule has 0 fully saturated rings. The van der Waals surface area contributed by atoms with Crippen LogP contribution in [-0.2, 0) is 4.79 Å². The van der Waals surface area contributed by atoms with Crippen LogP contribution in [0.15, 0.2) is 48.5 Å². The highest BCUT2D eigenvalue weighted by atomic mass is 35.5. The summed E-state index contributed by atoms with van der Waals surface area (Å²) < 4.78 is 12.8. The SMILES string of the molecule is O=C=C(c1ccc(F)cc1)c1ccc(Cl)cc1. The third-order valence-electron chi connectivity index (χ3n) is 2.37. The predicted molar refractivity (Wildman–Crippen MR) is 66.1 cm³/mol. The molecule has 0 amide bonds. The first-order chi connectivity index (χ1) is 8.20. The van der Waals surface area contributed by atoms with Crippen molar-refractivity contribution in [3.63, 3.8) is 0 Å². The molecule has 0 aromatic heterocycles. The van der Waals surface area contributed by atoms with Crippen LogP contribution in [-0.4, -0.2) is 5.94 Å². The molecule has 0 saturated carbocycles. The summed E-state index contributed by atoms with van der Waals surface area (Å²) in [7, 11) is 0. The molecule has 2 aromatic carbocycles. The highest BCUT2D eigenvalue weighted by Crippen LogP contribution is 2.22. The summed E-state index contributed by atoms with van der Waals surface area (Å²) in [5.41, 5.74) is 1.72. The van der Waals surface area contributed by atoms with E-state index in [0.29, 0.717) is 21.7 Å². The molecule has 0 spiro atoms. The van der Waals surface area contributed by atoms with Crippen LogP contribution in [0.25, 0.3) is 5.57 Å². The Kier molecular flexibility index (Phi) is 3.38. The molecule has 0 bridgehead atoms. The Morgan fingerprint density at radius 3 is 1.88 bits per heavy atom. The largest absolute Gasteiger partial charge is 0.233 e. The zero-order valence-corrected chi connectivity index (χ0v) is 9.54. The van der Waals surface area contributed by atoms with E-state index in [0.717, 1.165) is 0 Å². The van der Waals surface area contributed by atoms with Crippen molar-refractivity contribution in [3.05, 3.63) is 70.5 Å². The molecule has 2 aromatic rings. The monoisotopic (exact) mass is 246 g/mol. The molecule has 0 N–H and O–H groups in total. The summed E-state index contributed by atoms with van der Waals surface area (Å²) in [6, 6.07) is 12.5. The molecular formula is C14H8ClFO. The summed E-state index contributed by atoms with van der Waals surface area (Å²) in [4.78, 5) is 11.0. The summed E-state index contributed by atoms with van der Waals surface area (Å²) in [6.45, 7) is 0. The first-order valence-electron chi connectivity index (χ1n) is 4.97. The van der Waals surface area contributed by atoms with Gasteiger partial charge in [0, 0.05) is 5.02 Å². The van der Waals surface area contributed by atoms with E-state index < -0.39 is 0 Å². The maximum atomic E-state index is 12.8. The van der Waals surface area contributed by atoms with Gasteiger partial charge in [-0.3, -0.25) is 0 Å². The van der Waals surface area contributed by atoms with E-state index >= 15 is 0 Å². The molecule has 84 valence electrons. The number of halogens is 2. The maximum Gasteiger partial charge on any atom is 0.133 e. The molecule has 0 heterocycles. The molecule has 17 heavy (non-hydrogen) atoms. The van der Waals surface area contributed by atoms with Crippen molar-refractivity contribution in [1.29, 1.82) is 0 Å². The lowest BCUT2D eigenvalue weighted by molar-refractivity contribution is 0.569. The van der Waals surface area contributed by atoms with Crippen LogP contribution in [0.1, 0.15) is 11.1 Å². The Balaban J connectivity index is 2.44. The van der Waals surface area contributed by atoms with Crippen LogP contribution in [0.2, 0.25) is 5.02 Å². The molecule has 0 atom stereocenters. The molecule has 0 radical (unpaired) electrons. The fourth-order valence-corrected chi connectivity index (χ4v) is 1.64. The third kappa shape index (κ3) is 2.62. The van der Waals surface area contributed by atoms with Gasteiger partial charge in [0.05, 0.1) is 5.57 Å². The number of hydrogen-bond acceptors (Lipinski definition) is 1. The van der Waals surface area contributed by atoms with Gasteiger partial charge in [0.2, 0.25) is 0 Å². The number of carbonyl (C=O) groups excluding carboxylic acids is 1. The zero-order valence-electron chi connectivity index (χ0n) is 8.78. The molecule has 0 aliphatic carbocycles. The van der Waals surface area contributed by atoms with E-state index in [-0.39, 0.29) is 5.82 Å². The molecule has 1 nitrogen and oxygen atoms in total. The Morgan fingerprint density at radius 1 is 0.941 bits per heavy atom. The highest BCUT2D eigenvalue weighted by Gasteiger charge is 2.06. The van der Waals surface area contributed by atoms with Crippen LogP contribution in [0, 0.1) is 5.82 Å². The van der Waals surface area contributed by atoms with Crippen LogP contribution >= 0.6 is 11.6 Å². The van der Waals surface area contributed by atoms with Crippen molar-refractivity contribution in [2.24, 2.45) is 0 Å². The van der Waals surface area contributed by atoms with E-state index in [2.05, 4.69) is 0 Å². The lowest BCUT2D eigenvalue weighted by atomic mass is 10.00. The van der Waals surface area contributed by atoms with Crippen molar-refractivity contribution >= 4 is 23.1 Å². The quantitative estimate of drug-likeness (QED) is 0.738. The summed E-state index contributed by atoms with van der Waals surface area (Å²) >= 11 is 5.77. The fourth-order valence-electron chi connectivity index (χ4n) is 1.52. The van der Waals surface area contributed by atoms with Gasteiger partial charge in [0.1, 0.15) is 11.8 Å². The minimum Gasteiger partial charge on any atom is -0.233 e. The first-order valence-corrected chi connectivity index (χ1v) is 5.35. The molecule has 0 saturated heterocycles. The second-order valence-electron chi connectivity index (χ2n) is 3.49. The average Bonchev–Trinajstić information content (AvgIpc) is 2.35. The van der Waals surface area contributed by atoms with Gasteiger partial charge in [-0.1, -0.05) is 35.9 Å². The molecule has 3 heteroatoms. The van der Waals surface area contributed by atoms with Crippen molar-refractivity contribution in [1.82, 2.24) is 0 Å². The van der Waals surface area contributed by atoms with Gasteiger partial charge in [0.25, 0.3) is 0 Å².